The Hall–Kier alpha value is -0.500. The molecular weight excluding hydrogens is 205 g/mol. The molecule has 0 aliphatic heterocycles. The highest BCUT2D eigenvalue weighted by atomic mass is 35.5. The smallest absolute Gasteiger partial charge is 0.0530 e. The van der Waals surface area contributed by atoms with Crippen LogP contribution in [-0.4, -0.2) is 7.05 Å². The molecule has 1 rings (SSSR count). The number of rotatable bonds is 3. The summed E-state index contributed by atoms with van der Waals surface area (Å²) in [7, 11) is 1.84. The molecule has 3 heteroatoms. The molecule has 0 amide bonds. The van der Waals surface area contributed by atoms with Crippen LogP contribution >= 0.6 is 23.2 Å². The maximum absolute atomic E-state index is 6.01. The Morgan fingerprint density at radius 3 is 2.31 bits per heavy atom. The summed E-state index contributed by atoms with van der Waals surface area (Å²) in [5.41, 5.74) is 0.878. The summed E-state index contributed by atoms with van der Waals surface area (Å²) in [4.78, 5) is 0. The van der Waals surface area contributed by atoms with Gasteiger partial charge in [-0.3, -0.25) is 0 Å². The molecule has 1 aromatic carbocycles. The second kappa shape index (κ2) is 4.66. The molecule has 1 N–H and O–H groups in total. The molecule has 0 aliphatic rings. The van der Waals surface area contributed by atoms with Crippen LogP contribution in [0.25, 0.3) is 0 Å². The minimum Gasteiger partial charge on any atom is -0.310 e. The van der Waals surface area contributed by atoms with Crippen LogP contribution in [0.2, 0.25) is 10.0 Å². The van der Waals surface area contributed by atoms with Gasteiger partial charge in [0.15, 0.2) is 0 Å². The van der Waals surface area contributed by atoms with Crippen LogP contribution in [-0.2, 0) is 0 Å². The SMILES string of the molecule is C=CC(NC)c1c(Cl)cccc1Cl. The van der Waals surface area contributed by atoms with Gasteiger partial charge in [-0.15, -0.1) is 6.58 Å². The van der Waals surface area contributed by atoms with Crippen molar-refractivity contribution in [3.8, 4) is 0 Å². The highest BCUT2D eigenvalue weighted by Gasteiger charge is 2.12. The molecule has 0 saturated carbocycles. The van der Waals surface area contributed by atoms with Gasteiger partial charge in [0, 0.05) is 15.6 Å². The molecule has 1 nitrogen and oxygen atoms in total. The lowest BCUT2D eigenvalue weighted by Gasteiger charge is -2.14. The second-order valence-corrected chi connectivity index (χ2v) is 3.45. The largest absolute Gasteiger partial charge is 0.310 e. The first-order valence-corrected chi connectivity index (χ1v) is 4.70. The van der Waals surface area contributed by atoms with Gasteiger partial charge in [0.25, 0.3) is 0 Å². The van der Waals surface area contributed by atoms with Gasteiger partial charge in [0.1, 0.15) is 0 Å². The fourth-order valence-electron chi connectivity index (χ4n) is 1.19. The lowest BCUT2D eigenvalue weighted by atomic mass is 10.1. The molecule has 1 atom stereocenters. The lowest BCUT2D eigenvalue weighted by Crippen LogP contribution is -2.14. The third-order valence-corrected chi connectivity index (χ3v) is 2.52. The highest BCUT2D eigenvalue weighted by Crippen LogP contribution is 2.30. The molecule has 13 heavy (non-hydrogen) atoms. The van der Waals surface area contributed by atoms with Gasteiger partial charge >= 0.3 is 0 Å². The quantitative estimate of drug-likeness (QED) is 0.763. The number of nitrogens with one attached hydrogen (secondary N) is 1. The summed E-state index contributed by atoms with van der Waals surface area (Å²) in [6.07, 6.45) is 1.77. The average Bonchev–Trinajstić information content (AvgIpc) is 2.11. The minimum absolute atomic E-state index is 0.00111. The maximum Gasteiger partial charge on any atom is 0.0530 e. The third-order valence-electron chi connectivity index (χ3n) is 1.86. The standard InChI is InChI=1S/C10H11Cl2N/c1-3-9(13-2)10-7(11)5-4-6-8(10)12/h3-6,9,13H,1H2,2H3. The topological polar surface area (TPSA) is 12.0 Å². The Balaban J connectivity index is 3.17. The normalized spacial score (nSPS) is 12.5. The molecule has 70 valence electrons. The van der Waals surface area contributed by atoms with E-state index in [0.717, 1.165) is 5.56 Å². The average molecular weight is 216 g/mol. The molecule has 0 spiro atoms. The summed E-state index contributed by atoms with van der Waals surface area (Å²) in [6, 6.07) is 5.46. The summed E-state index contributed by atoms with van der Waals surface area (Å²) in [6.45, 7) is 3.71. The van der Waals surface area contributed by atoms with E-state index < -0.39 is 0 Å². The van der Waals surface area contributed by atoms with Crippen LogP contribution < -0.4 is 5.32 Å². The Morgan fingerprint density at radius 1 is 1.38 bits per heavy atom. The zero-order chi connectivity index (χ0) is 9.84. The van der Waals surface area contributed by atoms with E-state index in [1.165, 1.54) is 0 Å². The Labute approximate surface area is 88.4 Å². The van der Waals surface area contributed by atoms with Crippen LogP contribution in [0.3, 0.4) is 0 Å². The van der Waals surface area contributed by atoms with Gasteiger partial charge in [-0.05, 0) is 19.2 Å². The van der Waals surface area contributed by atoms with Crippen LogP contribution in [0, 0.1) is 0 Å². The van der Waals surface area contributed by atoms with Crippen LogP contribution in [0.15, 0.2) is 30.9 Å². The van der Waals surface area contributed by atoms with Crippen molar-refractivity contribution in [2.24, 2.45) is 0 Å². The molecule has 0 heterocycles. The molecule has 1 aromatic rings. The fourth-order valence-corrected chi connectivity index (χ4v) is 1.82. The molecule has 1 unspecified atom stereocenters. The van der Waals surface area contributed by atoms with Crippen molar-refractivity contribution in [2.45, 2.75) is 6.04 Å². The predicted molar refractivity (Wildman–Crippen MR) is 58.5 cm³/mol. The number of hydrogen-bond acceptors (Lipinski definition) is 1. The van der Waals surface area contributed by atoms with E-state index in [9.17, 15) is 0 Å². The van der Waals surface area contributed by atoms with Gasteiger partial charge in [-0.25, -0.2) is 0 Å². The third kappa shape index (κ3) is 2.25. The molecule has 0 aliphatic carbocycles. The van der Waals surface area contributed by atoms with E-state index in [2.05, 4.69) is 11.9 Å². The molecule has 0 radical (unpaired) electrons. The number of benzene rings is 1. The van der Waals surface area contributed by atoms with Crippen molar-refractivity contribution in [3.63, 3.8) is 0 Å². The van der Waals surface area contributed by atoms with Crippen molar-refractivity contribution in [1.82, 2.24) is 5.32 Å². The van der Waals surface area contributed by atoms with E-state index in [0.29, 0.717) is 10.0 Å². The van der Waals surface area contributed by atoms with Gasteiger partial charge in [-0.1, -0.05) is 35.3 Å². The monoisotopic (exact) mass is 215 g/mol. The second-order valence-electron chi connectivity index (χ2n) is 2.64. The van der Waals surface area contributed by atoms with E-state index >= 15 is 0 Å². The highest BCUT2D eigenvalue weighted by molar-refractivity contribution is 6.36. The summed E-state index contributed by atoms with van der Waals surface area (Å²) < 4.78 is 0. The van der Waals surface area contributed by atoms with Crippen LogP contribution in [0.4, 0.5) is 0 Å². The van der Waals surface area contributed by atoms with Gasteiger partial charge in [0.05, 0.1) is 6.04 Å². The molecule has 0 bridgehead atoms. The summed E-state index contributed by atoms with van der Waals surface area (Å²) in [5.74, 6) is 0. The predicted octanol–water partition coefficient (Wildman–Crippen LogP) is 3.44. The zero-order valence-corrected chi connectivity index (χ0v) is 8.86. The van der Waals surface area contributed by atoms with E-state index in [4.69, 9.17) is 23.2 Å². The summed E-state index contributed by atoms with van der Waals surface area (Å²) >= 11 is 12.0. The van der Waals surface area contributed by atoms with Crippen molar-refractivity contribution >= 4 is 23.2 Å². The zero-order valence-electron chi connectivity index (χ0n) is 7.35. The van der Waals surface area contributed by atoms with Crippen molar-refractivity contribution in [1.29, 1.82) is 0 Å². The first kappa shape index (κ1) is 10.6. The first-order valence-electron chi connectivity index (χ1n) is 3.94. The van der Waals surface area contributed by atoms with E-state index in [1.807, 2.05) is 25.2 Å². The fraction of sp³-hybridized carbons (Fsp3) is 0.200. The van der Waals surface area contributed by atoms with Gasteiger partial charge in [-0.2, -0.15) is 0 Å². The minimum atomic E-state index is 0.00111. The van der Waals surface area contributed by atoms with Gasteiger partial charge < -0.3 is 5.32 Å². The Morgan fingerprint density at radius 2 is 1.92 bits per heavy atom. The van der Waals surface area contributed by atoms with Crippen molar-refractivity contribution in [2.75, 3.05) is 7.05 Å². The Kier molecular flexibility index (Phi) is 3.79. The number of likely N-dealkylation sites (N-methyl/N-ethyl adjacent to an activating group) is 1. The number of halogens is 2. The van der Waals surface area contributed by atoms with E-state index in [1.54, 1.807) is 6.08 Å². The van der Waals surface area contributed by atoms with Gasteiger partial charge in [0.2, 0.25) is 0 Å². The molecule has 0 saturated heterocycles. The van der Waals surface area contributed by atoms with Crippen LogP contribution in [0.1, 0.15) is 11.6 Å². The summed E-state index contributed by atoms with van der Waals surface area (Å²) in [5, 5.41) is 4.38. The Bertz CT molecular complexity index is 290. The molecule has 0 aromatic heterocycles. The maximum atomic E-state index is 6.01. The van der Waals surface area contributed by atoms with Crippen LogP contribution in [0.5, 0.6) is 0 Å². The van der Waals surface area contributed by atoms with E-state index in [-0.39, 0.29) is 6.04 Å². The van der Waals surface area contributed by atoms with Crippen molar-refractivity contribution in [3.05, 3.63) is 46.5 Å². The molecular formula is C10H11Cl2N. The number of hydrogen-bond donors (Lipinski definition) is 1. The van der Waals surface area contributed by atoms with Crippen molar-refractivity contribution < 1.29 is 0 Å². The first-order chi connectivity index (χ1) is 6.20. The lowest BCUT2D eigenvalue weighted by molar-refractivity contribution is 0.717. The molecule has 0 fully saturated rings.